The molecule has 110 valence electrons. The van der Waals surface area contributed by atoms with Crippen LogP contribution in [-0.2, 0) is 20.5 Å². The molecule has 0 saturated carbocycles. The largest absolute Gasteiger partial charge is 0.455 e. The lowest BCUT2D eigenvalue weighted by Gasteiger charge is -2.09. The van der Waals surface area contributed by atoms with Crippen molar-refractivity contribution in [2.75, 3.05) is 11.9 Å². The molecular weight excluding hydrogens is 275 g/mol. The van der Waals surface area contributed by atoms with Crippen molar-refractivity contribution in [1.29, 1.82) is 0 Å². The second kappa shape index (κ2) is 6.40. The van der Waals surface area contributed by atoms with E-state index in [0.717, 1.165) is 24.3 Å². The molecule has 0 aliphatic heterocycles. The first-order chi connectivity index (χ1) is 9.20. The van der Waals surface area contributed by atoms with Gasteiger partial charge in [0.1, 0.15) is 0 Å². The number of hydrogen-bond acceptors (Lipinski definition) is 3. The number of benzene rings is 1. The summed E-state index contributed by atoms with van der Waals surface area (Å²) in [5, 5.41) is 2.33. The number of amides is 1. The molecule has 0 bridgehead atoms. The Kier molecular flexibility index (Phi) is 5.12. The van der Waals surface area contributed by atoms with Gasteiger partial charge in [-0.3, -0.25) is 9.59 Å². The first kappa shape index (κ1) is 16.0. The average molecular weight is 289 g/mol. The number of halogens is 3. The fraction of sp³-hybridized carbons (Fsp3) is 0.385. The number of anilines is 1. The van der Waals surface area contributed by atoms with Gasteiger partial charge in [0, 0.05) is 5.69 Å². The minimum absolute atomic E-state index is 0.198. The number of nitrogens with one attached hydrogen (secondary N) is 1. The van der Waals surface area contributed by atoms with Crippen LogP contribution < -0.4 is 5.32 Å². The summed E-state index contributed by atoms with van der Waals surface area (Å²) in [6.07, 6.45) is -4.42. The molecular formula is C13H14F3NO3. The smallest absolute Gasteiger partial charge is 0.416 e. The van der Waals surface area contributed by atoms with E-state index in [4.69, 9.17) is 0 Å². The molecule has 1 amide bonds. The Morgan fingerprint density at radius 1 is 1.20 bits per heavy atom. The van der Waals surface area contributed by atoms with Crippen LogP contribution in [0, 0.1) is 5.92 Å². The average Bonchev–Trinajstić information content (AvgIpc) is 2.35. The van der Waals surface area contributed by atoms with Crippen LogP contribution in [0.5, 0.6) is 0 Å². The highest BCUT2D eigenvalue weighted by atomic mass is 19.4. The normalized spacial score (nSPS) is 11.3. The van der Waals surface area contributed by atoms with Crippen molar-refractivity contribution in [3.05, 3.63) is 29.8 Å². The Balaban J connectivity index is 2.53. The summed E-state index contributed by atoms with van der Waals surface area (Å²) >= 11 is 0. The number of carbonyl (C=O) groups excluding carboxylic acids is 2. The number of esters is 1. The molecule has 7 heteroatoms. The molecule has 1 N–H and O–H groups in total. The van der Waals surface area contributed by atoms with Crippen LogP contribution in [0.4, 0.5) is 18.9 Å². The maximum atomic E-state index is 12.3. The monoisotopic (exact) mass is 289 g/mol. The van der Waals surface area contributed by atoms with Gasteiger partial charge >= 0.3 is 12.1 Å². The van der Waals surface area contributed by atoms with Crippen molar-refractivity contribution in [2.45, 2.75) is 20.0 Å². The molecule has 0 aromatic heterocycles. The highest BCUT2D eigenvalue weighted by Gasteiger charge is 2.29. The van der Waals surface area contributed by atoms with Crippen molar-refractivity contribution in [3.8, 4) is 0 Å². The number of ether oxygens (including phenoxy) is 1. The second-order valence-corrected chi connectivity index (χ2v) is 4.39. The predicted octanol–water partition coefficient (Wildman–Crippen LogP) is 2.84. The van der Waals surface area contributed by atoms with E-state index < -0.39 is 30.2 Å². The van der Waals surface area contributed by atoms with Gasteiger partial charge < -0.3 is 10.1 Å². The van der Waals surface area contributed by atoms with Gasteiger partial charge in [-0.05, 0) is 24.3 Å². The molecule has 1 aromatic carbocycles. The number of alkyl halides is 3. The van der Waals surface area contributed by atoms with Crippen molar-refractivity contribution in [1.82, 2.24) is 0 Å². The molecule has 0 aliphatic rings. The van der Waals surface area contributed by atoms with E-state index in [0.29, 0.717) is 0 Å². The Morgan fingerprint density at radius 3 is 2.20 bits per heavy atom. The molecule has 1 rings (SSSR count). The third-order valence-corrected chi connectivity index (χ3v) is 2.31. The zero-order chi connectivity index (χ0) is 15.3. The third kappa shape index (κ3) is 4.91. The number of hydrogen-bond donors (Lipinski definition) is 1. The molecule has 0 saturated heterocycles. The SMILES string of the molecule is CC(C)C(=O)OCC(=O)Nc1ccc(C(F)(F)F)cc1. The van der Waals surface area contributed by atoms with Crippen LogP contribution in [0.2, 0.25) is 0 Å². The Hall–Kier alpha value is -2.05. The zero-order valence-corrected chi connectivity index (χ0v) is 11.0. The van der Waals surface area contributed by atoms with Crippen molar-refractivity contribution < 1.29 is 27.5 Å². The van der Waals surface area contributed by atoms with Crippen molar-refractivity contribution in [2.24, 2.45) is 5.92 Å². The second-order valence-electron chi connectivity index (χ2n) is 4.39. The molecule has 0 atom stereocenters. The minimum atomic E-state index is -4.42. The number of rotatable bonds is 4. The standard InChI is InChI=1S/C13H14F3NO3/c1-8(2)12(19)20-7-11(18)17-10-5-3-9(4-6-10)13(14,15)16/h3-6,8H,7H2,1-2H3,(H,17,18). The van der Waals surface area contributed by atoms with Gasteiger partial charge in [0.15, 0.2) is 6.61 Å². The van der Waals surface area contributed by atoms with Crippen LogP contribution in [0.3, 0.4) is 0 Å². The van der Waals surface area contributed by atoms with Crippen LogP contribution in [-0.4, -0.2) is 18.5 Å². The summed E-state index contributed by atoms with van der Waals surface area (Å²) in [5.74, 6) is -1.49. The molecule has 0 aliphatic carbocycles. The summed E-state index contributed by atoms with van der Waals surface area (Å²) < 4.78 is 41.7. The van der Waals surface area contributed by atoms with E-state index in [1.165, 1.54) is 0 Å². The molecule has 20 heavy (non-hydrogen) atoms. The summed E-state index contributed by atoms with van der Waals surface area (Å²) in [4.78, 5) is 22.5. The fourth-order valence-electron chi connectivity index (χ4n) is 1.24. The number of carbonyl (C=O) groups is 2. The zero-order valence-electron chi connectivity index (χ0n) is 11.0. The molecule has 0 unspecified atom stereocenters. The Bertz CT molecular complexity index is 481. The van der Waals surface area contributed by atoms with Gasteiger partial charge in [0.05, 0.1) is 11.5 Å². The maximum Gasteiger partial charge on any atom is 0.416 e. The molecule has 1 aromatic rings. The van der Waals surface area contributed by atoms with E-state index in [1.807, 2.05) is 0 Å². The topological polar surface area (TPSA) is 55.4 Å². The van der Waals surface area contributed by atoms with Gasteiger partial charge in [-0.25, -0.2) is 0 Å². The predicted molar refractivity (Wildman–Crippen MR) is 65.9 cm³/mol. The van der Waals surface area contributed by atoms with E-state index >= 15 is 0 Å². The quantitative estimate of drug-likeness (QED) is 0.867. The Morgan fingerprint density at radius 2 is 1.75 bits per heavy atom. The fourth-order valence-corrected chi connectivity index (χ4v) is 1.24. The maximum absolute atomic E-state index is 12.3. The molecule has 0 fully saturated rings. The van der Waals surface area contributed by atoms with Crippen LogP contribution in [0.15, 0.2) is 24.3 Å². The highest BCUT2D eigenvalue weighted by Crippen LogP contribution is 2.29. The lowest BCUT2D eigenvalue weighted by Crippen LogP contribution is -2.22. The van der Waals surface area contributed by atoms with Crippen molar-refractivity contribution in [3.63, 3.8) is 0 Å². The summed E-state index contributed by atoms with van der Waals surface area (Å²) in [5.41, 5.74) is -0.606. The first-order valence-corrected chi connectivity index (χ1v) is 5.84. The van der Waals surface area contributed by atoms with E-state index in [2.05, 4.69) is 10.1 Å². The first-order valence-electron chi connectivity index (χ1n) is 5.84. The molecule has 0 heterocycles. The van der Waals surface area contributed by atoms with E-state index in [-0.39, 0.29) is 11.6 Å². The lowest BCUT2D eigenvalue weighted by molar-refractivity contribution is -0.150. The van der Waals surface area contributed by atoms with Crippen LogP contribution in [0.25, 0.3) is 0 Å². The third-order valence-electron chi connectivity index (χ3n) is 2.31. The molecule has 4 nitrogen and oxygen atoms in total. The van der Waals surface area contributed by atoms with Crippen LogP contribution >= 0.6 is 0 Å². The summed E-state index contributed by atoms with van der Waals surface area (Å²) in [7, 11) is 0. The van der Waals surface area contributed by atoms with Gasteiger partial charge in [-0.15, -0.1) is 0 Å². The van der Waals surface area contributed by atoms with Crippen molar-refractivity contribution >= 4 is 17.6 Å². The van der Waals surface area contributed by atoms with Gasteiger partial charge in [-0.2, -0.15) is 13.2 Å². The minimum Gasteiger partial charge on any atom is -0.455 e. The lowest BCUT2D eigenvalue weighted by atomic mass is 10.2. The van der Waals surface area contributed by atoms with E-state index in [9.17, 15) is 22.8 Å². The summed E-state index contributed by atoms with van der Waals surface area (Å²) in [6.45, 7) is 2.77. The van der Waals surface area contributed by atoms with Gasteiger partial charge in [0.2, 0.25) is 0 Å². The van der Waals surface area contributed by atoms with E-state index in [1.54, 1.807) is 13.8 Å². The highest BCUT2D eigenvalue weighted by molar-refractivity contribution is 5.92. The summed E-state index contributed by atoms with van der Waals surface area (Å²) in [6, 6.07) is 3.97. The Labute approximate surface area is 113 Å². The molecule has 0 spiro atoms. The van der Waals surface area contributed by atoms with Crippen LogP contribution in [0.1, 0.15) is 19.4 Å². The van der Waals surface area contributed by atoms with Gasteiger partial charge in [-0.1, -0.05) is 13.8 Å². The van der Waals surface area contributed by atoms with Gasteiger partial charge in [0.25, 0.3) is 5.91 Å². The molecule has 0 radical (unpaired) electrons.